The molecule has 0 aliphatic heterocycles. The summed E-state index contributed by atoms with van der Waals surface area (Å²) < 4.78 is 26.0. The number of ether oxygens (including phenoxy) is 1. The molecule has 3 unspecified atom stereocenters. The quantitative estimate of drug-likeness (QED) is 0.0311. The summed E-state index contributed by atoms with van der Waals surface area (Å²) >= 11 is 0. The summed E-state index contributed by atoms with van der Waals surface area (Å²) in [6.45, 7) is 1.46. The van der Waals surface area contributed by atoms with E-state index in [2.05, 4.69) is 16.0 Å². The molecule has 45 heavy (non-hydrogen) atoms. The van der Waals surface area contributed by atoms with Crippen LogP contribution in [0.4, 0.5) is 0 Å². The first-order valence-corrected chi connectivity index (χ1v) is 19.0. The third-order valence-corrected chi connectivity index (χ3v) is 8.63. The van der Waals surface area contributed by atoms with Crippen LogP contribution in [0.1, 0.15) is 162 Å². The predicted molar refractivity (Wildman–Crippen MR) is 176 cm³/mol. The summed E-state index contributed by atoms with van der Waals surface area (Å²) in [6.07, 6.45) is 27.4. The molecule has 4 N–H and O–H groups in total. The second kappa shape index (κ2) is 29.9. The fourth-order valence-electron chi connectivity index (χ4n) is 4.99. The van der Waals surface area contributed by atoms with E-state index >= 15 is 0 Å². The van der Waals surface area contributed by atoms with Crippen LogP contribution in [0.5, 0.6) is 0 Å². The summed E-state index contributed by atoms with van der Waals surface area (Å²) in [4.78, 5) is 43.5. The number of phosphoric ester groups is 1. The molecular weight excluding hydrogens is 601 g/mol. The van der Waals surface area contributed by atoms with Crippen molar-refractivity contribution >= 4 is 25.7 Å². The van der Waals surface area contributed by atoms with E-state index in [1.54, 1.807) is 0 Å². The van der Waals surface area contributed by atoms with E-state index < -0.39 is 57.6 Å². The number of hydrogen-bond donors (Lipinski definition) is 4. The molecule has 0 rings (SSSR count). The number of unbranched alkanes of at least 4 members (excludes halogenated alkanes) is 21. The van der Waals surface area contributed by atoms with Crippen LogP contribution in [0.25, 0.3) is 0 Å². The molecule has 0 saturated carbocycles. The largest absolute Gasteiger partial charge is 0.480 e. The van der Waals surface area contributed by atoms with Crippen LogP contribution in [0, 0.1) is 0 Å². The van der Waals surface area contributed by atoms with Gasteiger partial charge in [-0.1, -0.05) is 142 Å². The van der Waals surface area contributed by atoms with Gasteiger partial charge in [-0.2, -0.15) is 0 Å². The van der Waals surface area contributed by atoms with Gasteiger partial charge in [-0.25, -0.2) is 9.36 Å². The Morgan fingerprint density at radius 1 is 0.644 bits per heavy atom. The van der Waals surface area contributed by atoms with Crippen molar-refractivity contribution in [2.24, 2.45) is 0 Å². The van der Waals surface area contributed by atoms with Crippen LogP contribution in [-0.4, -0.2) is 64.9 Å². The number of rotatable bonds is 33. The van der Waals surface area contributed by atoms with Gasteiger partial charge in [0, 0.05) is 13.3 Å². The minimum Gasteiger partial charge on any atom is -0.480 e. The predicted octanol–water partition coefficient (Wildman–Crippen LogP) is 7.61. The first kappa shape index (κ1) is 43.5. The molecule has 0 spiro atoms. The zero-order valence-corrected chi connectivity index (χ0v) is 29.1. The molecule has 0 fully saturated rings. The molecule has 0 aromatic rings. The zero-order valence-electron chi connectivity index (χ0n) is 28.2. The molecular formula is C33H64NO10P. The van der Waals surface area contributed by atoms with Crippen LogP contribution in [0.2, 0.25) is 0 Å². The number of carboxylic acids is 1. The van der Waals surface area contributed by atoms with E-state index in [1.807, 2.05) is 5.32 Å². The van der Waals surface area contributed by atoms with Crippen molar-refractivity contribution in [1.29, 1.82) is 0 Å². The lowest BCUT2D eigenvalue weighted by Crippen LogP contribution is -2.42. The van der Waals surface area contributed by atoms with Gasteiger partial charge in [-0.05, 0) is 6.42 Å². The minimum atomic E-state index is -4.70. The SMILES string of the molecule is CCCCCCCCCCCCCCCCCCCCCCCCC(=O)OCC(O)COP(=O)(O)OCC(NC(C)=O)C(=O)O. The number of nitrogens with one attached hydrogen (secondary N) is 1. The van der Waals surface area contributed by atoms with Crippen molar-refractivity contribution in [2.45, 2.75) is 174 Å². The molecule has 11 nitrogen and oxygen atoms in total. The van der Waals surface area contributed by atoms with Crippen molar-refractivity contribution in [1.82, 2.24) is 5.32 Å². The highest BCUT2D eigenvalue weighted by Gasteiger charge is 2.28. The highest BCUT2D eigenvalue weighted by molar-refractivity contribution is 7.47. The Morgan fingerprint density at radius 3 is 1.40 bits per heavy atom. The Balaban J connectivity index is 3.54. The van der Waals surface area contributed by atoms with Gasteiger partial charge >= 0.3 is 19.8 Å². The standard InChI is InChI=1S/C33H64NO10P/c1-3-4-5-6-7-8-9-10-11-12-13-14-15-16-17-18-19-20-21-22-23-24-25-32(37)42-26-30(36)27-43-45(40,41)44-28-31(33(38)39)34-29(2)35/h30-31,36H,3-28H2,1-2H3,(H,34,35)(H,38,39)(H,40,41). The van der Waals surface area contributed by atoms with Crippen LogP contribution >= 0.6 is 7.82 Å². The van der Waals surface area contributed by atoms with Gasteiger partial charge in [0.05, 0.1) is 13.2 Å². The van der Waals surface area contributed by atoms with E-state index in [1.165, 1.54) is 116 Å². The van der Waals surface area contributed by atoms with Crippen molar-refractivity contribution in [3.8, 4) is 0 Å². The summed E-state index contributed by atoms with van der Waals surface area (Å²) in [6, 6.07) is -1.54. The average Bonchev–Trinajstić information content (AvgIpc) is 2.99. The number of carbonyl (C=O) groups excluding carboxylic acids is 2. The lowest BCUT2D eigenvalue weighted by atomic mass is 10.0. The monoisotopic (exact) mass is 665 g/mol. The van der Waals surface area contributed by atoms with Crippen LogP contribution in [0.3, 0.4) is 0 Å². The van der Waals surface area contributed by atoms with Gasteiger partial charge in [0.2, 0.25) is 5.91 Å². The smallest absolute Gasteiger partial charge is 0.472 e. The Hall–Kier alpha value is -1.52. The normalized spacial score (nSPS) is 14.0. The Bertz CT molecular complexity index is 797. The number of hydrogen-bond acceptors (Lipinski definition) is 8. The number of aliphatic hydroxyl groups excluding tert-OH is 1. The molecule has 266 valence electrons. The van der Waals surface area contributed by atoms with Gasteiger partial charge in [0.15, 0.2) is 6.04 Å². The third-order valence-electron chi connectivity index (χ3n) is 7.68. The number of aliphatic carboxylic acids is 1. The van der Waals surface area contributed by atoms with Crippen molar-refractivity contribution < 1.29 is 47.8 Å². The number of carbonyl (C=O) groups is 3. The molecule has 0 aromatic carbocycles. The first-order valence-electron chi connectivity index (χ1n) is 17.5. The highest BCUT2D eigenvalue weighted by Crippen LogP contribution is 2.43. The van der Waals surface area contributed by atoms with Crippen molar-refractivity contribution in [3.05, 3.63) is 0 Å². The minimum absolute atomic E-state index is 0.230. The maximum absolute atomic E-state index is 11.9. The summed E-state index contributed by atoms with van der Waals surface area (Å²) in [5, 5.41) is 20.9. The third kappa shape index (κ3) is 30.9. The Kier molecular flexibility index (Phi) is 28.8. The highest BCUT2D eigenvalue weighted by atomic mass is 31.2. The molecule has 3 atom stereocenters. The molecule has 1 amide bonds. The fourth-order valence-corrected chi connectivity index (χ4v) is 5.77. The second-order valence-electron chi connectivity index (χ2n) is 12.2. The number of esters is 1. The molecule has 0 aromatic heterocycles. The van der Waals surface area contributed by atoms with Crippen LogP contribution in [-0.2, 0) is 32.7 Å². The topological polar surface area (TPSA) is 169 Å². The summed E-state index contributed by atoms with van der Waals surface area (Å²) in [5.74, 6) is -2.58. The molecule has 0 radical (unpaired) electrons. The summed E-state index contributed by atoms with van der Waals surface area (Å²) in [7, 11) is -4.70. The second-order valence-corrected chi connectivity index (χ2v) is 13.6. The maximum Gasteiger partial charge on any atom is 0.472 e. The molecule has 0 aliphatic carbocycles. The molecule has 0 bridgehead atoms. The van der Waals surface area contributed by atoms with Gasteiger partial charge < -0.3 is 25.2 Å². The number of aliphatic hydroxyl groups is 1. The van der Waals surface area contributed by atoms with Gasteiger partial charge in [0.25, 0.3) is 0 Å². The lowest BCUT2D eigenvalue weighted by molar-refractivity contribution is -0.147. The number of carboxylic acid groups (broad SMARTS) is 1. The first-order chi connectivity index (χ1) is 21.6. The van der Waals surface area contributed by atoms with E-state index in [4.69, 9.17) is 9.84 Å². The zero-order chi connectivity index (χ0) is 33.6. The van der Waals surface area contributed by atoms with Crippen molar-refractivity contribution in [2.75, 3.05) is 19.8 Å². The van der Waals surface area contributed by atoms with E-state index in [9.17, 15) is 28.9 Å². The lowest BCUT2D eigenvalue weighted by Gasteiger charge is -2.18. The summed E-state index contributed by atoms with van der Waals surface area (Å²) in [5.41, 5.74) is 0. The van der Waals surface area contributed by atoms with Crippen LogP contribution < -0.4 is 5.32 Å². The van der Waals surface area contributed by atoms with E-state index in [-0.39, 0.29) is 6.42 Å². The van der Waals surface area contributed by atoms with Gasteiger partial charge in [-0.3, -0.25) is 18.6 Å². The van der Waals surface area contributed by atoms with E-state index in [0.717, 1.165) is 26.2 Å². The van der Waals surface area contributed by atoms with Crippen molar-refractivity contribution in [3.63, 3.8) is 0 Å². The van der Waals surface area contributed by atoms with Gasteiger partial charge in [0.1, 0.15) is 12.7 Å². The number of amides is 1. The maximum atomic E-state index is 11.9. The van der Waals surface area contributed by atoms with Gasteiger partial charge in [-0.15, -0.1) is 0 Å². The molecule has 0 heterocycles. The molecule has 12 heteroatoms. The average molecular weight is 666 g/mol. The Labute approximate surface area is 272 Å². The molecule has 0 aliphatic rings. The Morgan fingerprint density at radius 2 is 1.02 bits per heavy atom. The van der Waals surface area contributed by atoms with Crippen LogP contribution in [0.15, 0.2) is 0 Å². The number of phosphoric acid groups is 1. The van der Waals surface area contributed by atoms with E-state index in [0.29, 0.717) is 6.42 Å². The fraction of sp³-hybridized carbons (Fsp3) is 0.909. The molecule has 0 saturated heterocycles.